The highest BCUT2D eigenvalue weighted by atomic mass is 19.1. The number of amides is 3. The van der Waals surface area contributed by atoms with E-state index < -0.39 is 42.7 Å². The molecule has 0 unspecified atom stereocenters. The first-order valence-electron chi connectivity index (χ1n) is 8.17. The second-order valence-electron chi connectivity index (χ2n) is 6.14. The number of carbonyl (C=O) groups excluding carboxylic acids is 4. The molecular formula is C18H17FN2O5. The molecule has 0 radical (unpaired) electrons. The van der Waals surface area contributed by atoms with Gasteiger partial charge in [0.25, 0.3) is 5.91 Å². The van der Waals surface area contributed by atoms with Crippen LogP contribution in [0.25, 0.3) is 0 Å². The Morgan fingerprint density at radius 2 is 1.81 bits per heavy atom. The topological polar surface area (TPSA) is 92.8 Å². The van der Waals surface area contributed by atoms with Crippen molar-refractivity contribution in [1.29, 1.82) is 0 Å². The number of esters is 1. The summed E-state index contributed by atoms with van der Waals surface area (Å²) in [6, 6.07) is 5.26. The number of benzene rings is 1. The highest BCUT2D eigenvalue weighted by Gasteiger charge is 2.47. The maximum absolute atomic E-state index is 13.0. The number of ether oxygens (including phenoxy) is 1. The van der Waals surface area contributed by atoms with Gasteiger partial charge in [-0.2, -0.15) is 0 Å². The fourth-order valence-corrected chi connectivity index (χ4v) is 3.11. The summed E-state index contributed by atoms with van der Waals surface area (Å²) in [7, 11) is 0. The van der Waals surface area contributed by atoms with Gasteiger partial charge in [0.1, 0.15) is 12.4 Å². The summed E-state index contributed by atoms with van der Waals surface area (Å²) in [6.07, 6.45) is 4.67. The van der Waals surface area contributed by atoms with Gasteiger partial charge in [-0.25, -0.2) is 4.39 Å². The zero-order valence-electron chi connectivity index (χ0n) is 13.8. The number of nitrogens with one attached hydrogen (secondary N) is 1. The second-order valence-corrected chi connectivity index (χ2v) is 6.14. The van der Waals surface area contributed by atoms with E-state index in [0.717, 1.165) is 11.0 Å². The molecule has 2 atom stereocenters. The Kier molecular flexibility index (Phi) is 5.11. The van der Waals surface area contributed by atoms with Crippen LogP contribution >= 0.6 is 0 Å². The Balaban J connectivity index is 1.49. The molecule has 0 saturated carbocycles. The first-order chi connectivity index (χ1) is 12.5. The summed E-state index contributed by atoms with van der Waals surface area (Å²) in [4.78, 5) is 49.0. The van der Waals surface area contributed by atoms with Gasteiger partial charge in [0.2, 0.25) is 11.8 Å². The molecular weight excluding hydrogens is 343 g/mol. The molecule has 0 spiro atoms. The summed E-state index contributed by atoms with van der Waals surface area (Å²) < 4.78 is 17.9. The number of carbonyl (C=O) groups is 4. The van der Waals surface area contributed by atoms with Gasteiger partial charge in [-0.1, -0.05) is 18.2 Å². The third-order valence-corrected chi connectivity index (χ3v) is 4.36. The number of nitrogens with zero attached hydrogens (tertiary/aromatic N) is 1. The van der Waals surface area contributed by atoms with Crippen molar-refractivity contribution in [2.24, 2.45) is 11.8 Å². The van der Waals surface area contributed by atoms with Gasteiger partial charge in [0, 0.05) is 5.69 Å². The van der Waals surface area contributed by atoms with E-state index in [2.05, 4.69) is 5.32 Å². The first kappa shape index (κ1) is 17.8. The minimum atomic E-state index is -0.854. The van der Waals surface area contributed by atoms with E-state index >= 15 is 0 Å². The van der Waals surface area contributed by atoms with Gasteiger partial charge < -0.3 is 10.1 Å². The van der Waals surface area contributed by atoms with Crippen molar-refractivity contribution in [1.82, 2.24) is 4.90 Å². The largest absolute Gasteiger partial charge is 0.454 e. The summed E-state index contributed by atoms with van der Waals surface area (Å²) >= 11 is 0. The molecule has 3 amide bonds. The molecule has 1 N–H and O–H groups in total. The number of halogens is 1. The number of imide groups is 1. The maximum atomic E-state index is 13.0. The Labute approximate surface area is 148 Å². The lowest BCUT2D eigenvalue weighted by Crippen LogP contribution is -2.37. The Bertz CT molecular complexity index is 766. The molecule has 8 heteroatoms. The lowest BCUT2D eigenvalue weighted by atomic mass is 9.85. The third-order valence-electron chi connectivity index (χ3n) is 4.36. The van der Waals surface area contributed by atoms with Crippen molar-refractivity contribution in [3.63, 3.8) is 0 Å². The molecule has 1 fully saturated rings. The molecule has 0 aromatic heterocycles. The van der Waals surface area contributed by atoms with Gasteiger partial charge in [0.05, 0.1) is 11.8 Å². The van der Waals surface area contributed by atoms with Crippen molar-refractivity contribution < 1.29 is 28.3 Å². The molecule has 3 rings (SSSR count). The normalized spacial score (nSPS) is 21.5. The Morgan fingerprint density at radius 1 is 1.15 bits per heavy atom. The Morgan fingerprint density at radius 3 is 2.42 bits per heavy atom. The monoisotopic (exact) mass is 360 g/mol. The standard InChI is InChI=1S/C18H17FN2O5/c19-11-4-3-5-12(8-11)20-15(22)10-26-16(23)9-21-17(24)13-6-1-2-7-14(13)18(21)25/h1-5,8,13-14H,6-7,9-10H2,(H,20,22)/t13-,14-/m0/s1. The third kappa shape index (κ3) is 3.79. The lowest BCUT2D eigenvalue weighted by Gasteiger charge is -2.14. The molecule has 1 aliphatic heterocycles. The number of rotatable bonds is 5. The van der Waals surface area contributed by atoms with Crippen LogP contribution in [-0.2, 0) is 23.9 Å². The molecule has 2 aliphatic rings. The van der Waals surface area contributed by atoms with E-state index in [4.69, 9.17) is 4.74 Å². The predicted molar refractivity (Wildman–Crippen MR) is 88.1 cm³/mol. The Hall–Kier alpha value is -3.03. The zero-order valence-corrected chi connectivity index (χ0v) is 13.8. The number of fused-ring (bicyclic) bond motifs is 1. The molecule has 7 nitrogen and oxygen atoms in total. The van der Waals surface area contributed by atoms with Gasteiger partial charge in [0.15, 0.2) is 6.61 Å². The highest BCUT2D eigenvalue weighted by molar-refractivity contribution is 6.07. The van der Waals surface area contributed by atoms with Crippen LogP contribution in [0.1, 0.15) is 12.8 Å². The summed E-state index contributed by atoms with van der Waals surface area (Å²) in [6.45, 7) is -1.11. The van der Waals surface area contributed by atoms with Crippen LogP contribution < -0.4 is 5.32 Å². The van der Waals surface area contributed by atoms with Crippen molar-refractivity contribution in [3.8, 4) is 0 Å². The van der Waals surface area contributed by atoms with E-state index in [1.54, 1.807) is 0 Å². The van der Waals surface area contributed by atoms with Crippen LogP contribution in [-0.4, -0.2) is 41.7 Å². The molecule has 1 heterocycles. The van der Waals surface area contributed by atoms with Crippen LogP contribution in [0.2, 0.25) is 0 Å². The van der Waals surface area contributed by atoms with Crippen LogP contribution in [0.4, 0.5) is 10.1 Å². The van der Waals surface area contributed by atoms with E-state index in [9.17, 15) is 23.6 Å². The molecule has 1 aliphatic carbocycles. The summed E-state index contributed by atoms with van der Waals surface area (Å²) in [5.74, 6) is -3.63. The average Bonchev–Trinajstić information content (AvgIpc) is 2.85. The van der Waals surface area contributed by atoms with Crippen molar-refractivity contribution >= 4 is 29.4 Å². The van der Waals surface area contributed by atoms with Crippen LogP contribution in [0.5, 0.6) is 0 Å². The molecule has 1 aromatic rings. The fraction of sp³-hybridized carbons (Fsp3) is 0.333. The minimum Gasteiger partial charge on any atom is -0.454 e. The molecule has 0 bridgehead atoms. The maximum Gasteiger partial charge on any atom is 0.326 e. The quantitative estimate of drug-likeness (QED) is 0.485. The first-order valence-corrected chi connectivity index (χ1v) is 8.17. The smallest absolute Gasteiger partial charge is 0.326 e. The van der Waals surface area contributed by atoms with E-state index in [1.807, 2.05) is 12.2 Å². The predicted octanol–water partition coefficient (Wildman–Crippen LogP) is 1.26. The molecule has 26 heavy (non-hydrogen) atoms. The lowest BCUT2D eigenvalue weighted by molar-refractivity contribution is -0.154. The fourth-order valence-electron chi connectivity index (χ4n) is 3.11. The van der Waals surface area contributed by atoms with E-state index in [1.165, 1.54) is 18.2 Å². The zero-order chi connectivity index (χ0) is 18.7. The van der Waals surface area contributed by atoms with Crippen molar-refractivity contribution in [3.05, 3.63) is 42.2 Å². The SMILES string of the molecule is O=C(COC(=O)CN1C(=O)[C@H]2CC=CC[C@@H]2C1=O)Nc1cccc(F)c1. The number of hydrogen-bond donors (Lipinski definition) is 1. The van der Waals surface area contributed by atoms with Crippen LogP contribution in [0.3, 0.4) is 0 Å². The number of allylic oxidation sites excluding steroid dienone is 2. The molecule has 1 aromatic carbocycles. The van der Waals surface area contributed by atoms with Crippen LogP contribution in [0.15, 0.2) is 36.4 Å². The molecule has 136 valence electrons. The summed E-state index contributed by atoms with van der Waals surface area (Å²) in [5, 5.41) is 2.38. The van der Waals surface area contributed by atoms with Gasteiger partial charge in [-0.3, -0.25) is 24.1 Å². The number of anilines is 1. The average molecular weight is 360 g/mol. The van der Waals surface area contributed by atoms with E-state index in [0.29, 0.717) is 12.8 Å². The second kappa shape index (κ2) is 7.47. The highest BCUT2D eigenvalue weighted by Crippen LogP contribution is 2.34. The van der Waals surface area contributed by atoms with Crippen molar-refractivity contribution in [2.45, 2.75) is 12.8 Å². The minimum absolute atomic E-state index is 0.229. The van der Waals surface area contributed by atoms with Gasteiger partial charge in [-0.15, -0.1) is 0 Å². The number of hydrogen-bond acceptors (Lipinski definition) is 5. The van der Waals surface area contributed by atoms with Gasteiger partial charge in [-0.05, 0) is 31.0 Å². The summed E-state index contributed by atoms with van der Waals surface area (Å²) in [5.41, 5.74) is 0.229. The van der Waals surface area contributed by atoms with Crippen molar-refractivity contribution in [2.75, 3.05) is 18.5 Å². The van der Waals surface area contributed by atoms with Crippen LogP contribution in [0, 0.1) is 17.7 Å². The molecule has 1 saturated heterocycles. The van der Waals surface area contributed by atoms with Gasteiger partial charge >= 0.3 is 5.97 Å². The van der Waals surface area contributed by atoms with E-state index in [-0.39, 0.29) is 17.5 Å². The number of likely N-dealkylation sites (tertiary alicyclic amines) is 1.